The summed E-state index contributed by atoms with van der Waals surface area (Å²) in [6.45, 7) is 5.70. The summed E-state index contributed by atoms with van der Waals surface area (Å²) in [6.07, 6.45) is 0. The van der Waals surface area contributed by atoms with E-state index in [0.29, 0.717) is 10.7 Å². The van der Waals surface area contributed by atoms with Gasteiger partial charge in [-0.15, -0.1) is 0 Å². The van der Waals surface area contributed by atoms with Gasteiger partial charge in [-0.2, -0.15) is 0 Å². The molecule has 22 heavy (non-hydrogen) atoms. The molecule has 1 heterocycles. The number of fused-ring (bicyclic) bond motifs is 1. The van der Waals surface area contributed by atoms with Gasteiger partial charge < -0.3 is 15.2 Å². The summed E-state index contributed by atoms with van der Waals surface area (Å²) in [6, 6.07) is 7.13. The lowest BCUT2D eigenvalue weighted by atomic mass is 10.1. The fourth-order valence-electron chi connectivity index (χ4n) is 2.17. The van der Waals surface area contributed by atoms with Crippen molar-refractivity contribution < 1.29 is 9.59 Å². The quantitative estimate of drug-likeness (QED) is 0.913. The van der Waals surface area contributed by atoms with E-state index in [1.165, 1.54) is 4.90 Å². The van der Waals surface area contributed by atoms with Crippen molar-refractivity contribution in [2.45, 2.75) is 26.3 Å². The standard InChI is InChI=1S/C16H20ClN3O2/c1-16(2,3)19-14(21)9-20(4)15(22)13-7-10-5-6-11(17)8-12(10)18-13/h5-8,18H,9H2,1-4H3,(H,19,21). The third-order valence-electron chi connectivity index (χ3n) is 3.06. The van der Waals surface area contributed by atoms with Gasteiger partial charge in [0.05, 0.1) is 6.54 Å². The van der Waals surface area contributed by atoms with Crippen molar-refractivity contribution in [3.8, 4) is 0 Å². The Hall–Kier alpha value is -2.01. The lowest BCUT2D eigenvalue weighted by Gasteiger charge is -2.23. The molecule has 6 heteroatoms. The Bertz CT molecular complexity index is 716. The zero-order chi connectivity index (χ0) is 16.5. The van der Waals surface area contributed by atoms with Crippen molar-refractivity contribution in [2.75, 3.05) is 13.6 Å². The number of hydrogen-bond donors (Lipinski definition) is 2. The van der Waals surface area contributed by atoms with Crippen molar-refractivity contribution in [3.63, 3.8) is 0 Å². The van der Waals surface area contributed by atoms with Crippen LogP contribution in [0.1, 0.15) is 31.3 Å². The first-order valence-corrected chi connectivity index (χ1v) is 7.38. The average molecular weight is 322 g/mol. The summed E-state index contributed by atoms with van der Waals surface area (Å²) in [5, 5.41) is 4.34. The molecular weight excluding hydrogens is 302 g/mol. The molecule has 0 saturated heterocycles. The summed E-state index contributed by atoms with van der Waals surface area (Å²) in [5.41, 5.74) is 0.908. The zero-order valence-corrected chi connectivity index (χ0v) is 13.9. The van der Waals surface area contributed by atoms with Crippen molar-refractivity contribution >= 4 is 34.3 Å². The molecule has 118 valence electrons. The molecule has 0 radical (unpaired) electrons. The molecule has 2 rings (SSSR count). The Morgan fingerprint density at radius 2 is 1.95 bits per heavy atom. The Balaban J connectivity index is 2.10. The first kappa shape index (κ1) is 16.4. The van der Waals surface area contributed by atoms with E-state index in [0.717, 1.165) is 10.9 Å². The minimum atomic E-state index is -0.321. The predicted octanol–water partition coefficient (Wildman–Crippen LogP) is 2.81. The molecule has 0 saturated carbocycles. The van der Waals surface area contributed by atoms with Gasteiger partial charge in [-0.3, -0.25) is 9.59 Å². The molecule has 0 atom stereocenters. The molecule has 0 aliphatic carbocycles. The van der Waals surface area contributed by atoms with Gasteiger partial charge in [-0.05, 0) is 39.0 Å². The minimum absolute atomic E-state index is 0.00618. The van der Waals surface area contributed by atoms with Crippen LogP contribution in [0.15, 0.2) is 24.3 Å². The van der Waals surface area contributed by atoms with Crippen LogP contribution >= 0.6 is 11.6 Å². The second kappa shape index (κ2) is 6.01. The Morgan fingerprint density at radius 1 is 1.27 bits per heavy atom. The molecule has 0 spiro atoms. The van der Waals surface area contributed by atoms with E-state index >= 15 is 0 Å². The molecule has 1 aromatic carbocycles. The van der Waals surface area contributed by atoms with Gasteiger partial charge in [0.1, 0.15) is 5.69 Å². The van der Waals surface area contributed by atoms with Crippen molar-refractivity contribution in [2.24, 2.45) is 0 Å². The number of rotatable bonds is 3. The number of benzene rings is 1. The van der Waals surface area contributed by atoms with Gasteiger partial charge in [-0.1, -0.05) is 17.7 Å². The highest BCUT2D eigenvalue weighted by Gasteiger charge is 2.19. The summed E-state index contributed by atoms with van der Waals surface area (Å²) in [7, 11) is 1.60. The lowest BCUT2D eigenvalue weighted by Crippen LogP contribution is -2.46. The van der Waals surface area contributed by atoms with Gasteiger partial charge in [0, 0.05) is 28.5 Å². The van der Waals surface area contributed by atoms with Crippen LogP contribution < -0.4 is 5.32 Å². The Labute approximate surface area is 134 Å². The topological polar surface area (TPSA) is 65.2 Å². The predicted molar refractivity (Wildman–Crippen MR) is 88.2 cm³/mol. The van der Waals surface area contributed by atoms with Crippen LogP contribution in [0.5, 0.6) is 0 Å². The van der Waals surface area contributed by atoms with Gasteiger partial charge in [-0.25, -0.2) is 0 Å². The number of carbonyl (C=O) groups is 2. The maximum atomic E-state index is 12.4. The first-order chi connectivity index (χ1) is 10.2. The van der Waals surface area contributed by atoms with Crippen molar-refractivity contribution in [1.82, 2.24) is 15.2 Å². The fourth-order valence-corrected chi connectivity index (χ4v) is 2.34. The number of nitrogens with zero attached hydrogens (tertiary/aromatic N) is 1. The summed E-state index contributed by atoms with van der Waals surface area (Å²) in [5.74, 6) is -0.432. The van der Waals surface area contributed by atoms with E-state index in [1.54, 1.807) is 25.2 Å². The second-order valence-corrected chi connectivity index (χ2v) is 6.81. The van der Waals surface area contributed by atoms with Gasteiger partial charge in [0.15, 0.2) is 0 Å². The number of H-pyrrole nitrogens is 1. The third kappa shape index (κ3) is 4.01. The van der Waals surface area contributed by atoms with Gasteiger partial charge >= 0.3 is 0 Å². The normalized spacial score (nSPS) is 11.5. The van der Waals surface area contributed by atoms with E-state index < -0.39 is 0 Å². The molecule has 1 aromatic heterocycles. The lowest BCUT2D eigenvalue weighted by molar-refractivity contribution is -0.122. The van der Waals surface area contributed by atoms with E-state index in [4.69, 9.17) is 11.6 Å². The maximum Gasteiger partial charge on any atom is 0.270 e. The average Bonchev–Trinajstić information content (AvgIpc) is 2.77. The monoisotopic (exact) mass is 321 g/mol. The molecule has 5 nitrogen and oxygen atoms in total. The van der Waals surface area contributed by atoms with E-state index in [-0.39, 0.29) is 23.9 Å². The number of hydrogen-bond acceptors (Lipinski definition) is 2. The largest absolute Gasteiger partial charge is 0.350 e. The number of carbonyl (C=O) groups excluding carboxylic acids is 2. The highest BCUT2D eigenvalue weighted by atomic mass is 35.5. The number of nitrogens with one attached hydrogen (secondary N) is 2. The Kier molecular flexibility index (Phi) is 4.47. The fraction of sp³-hybridized carbons (Fsp3) is 0.375. The van der Waals surface area contributed by atoms with Gasteiger partial charge in [0.25, 0.3) is 5.91 Å². The summed E-state index contributed by atoms with van der Waals surface area (Å²) >= 11 is 5.93. The first-order valence-electron chi connectivity index (χ1n) is 7.00. The molecule has 0 aliphatic rings. The molecule has 2 aromatic rings. The van der Waals surface area contributed by atoms with Crippen LogP contribution in [0.4, 0.5) is 0 Å². The van der Waals surface area contributed by atoms with E-state index in [1.807, 2.05) is 26.8 Å². The molecule has 2 amide bonds. The number of halogens is 1. The van der Waals surface area contributed by atoms with Crippen LogP contribution in [-0.4, -0.2) is 40.8 Å². The molecule has 2 N–H and O–H groups in total. The van der Waals surface area contributed by atoms with Crippen LogP contribution in [0.2, 0.25) is 5.02 Å². The molecule has 0 bridgehead atoms. The number of likely N-dealkylation sites (N-methyl/N-ethyl adjacent to an activating group) is 1. The van der Waals surface area contributed by atoms with Crippen LogP contribution in [0.25, 0.3) is 10.9 Å². The highest BCUT2D eigenvalue weighted by molar-refractivity contribution is 6.31. The van der Waals surface area contributed by atoms with Crippen LogP contribution in [-0.2, 0) is 4.79 Å². The van der Waals surface area contributed by atoms with E-state index in [9.17, 15) is 9.59 Å². The molecule has 0 unspecified atom stereocenters. The van der Waals surface area contributed by atoms with Gasteiger partial charge in [0.2, 0.25) is 5.91 Å². The third-order valence-corrected chi connectivity index (χ3v) is 3.29. The Morgan fingerprint density at radius 3 is 2.59 bits per heavy atom. The van der Waals surface area contributed by atoms with Crippen LogP contribution in [0, 0.1) is 0 Å². The van der Waals surface area contributed by atoms with Crippen LogP contribution in [0.3, 0.4) is 0 Å². The maximum absolute atomic E-state index is 12.4. The van der Waals surface area contributed by atoms with Crippen molar-refractivity contribution in [1.29, 1.82) is 0 Å². The van der Waals surface area contributed by atoms with Crippen molar-refractivity contribution in [3.05, 3.63) is 35.0 Å². The number of amides is 2. The molecule has 0 fully saturated rings. The highest BCUT2D eigenvalue weighted by Crippen LogP contribution is 2.20. The number of aromatic amines is 1. The molecule has 0 aliphatic heterocycles. The van der Waals surface area contributed by atoms with E-state index in [2.05, 4.69) is 10.3 Å². The zero-order valence-electron chi connectivity index (χ0n) is 13.2. The SMILES string of the molecule is CN(CC(=O)NC(C)(C)C)C(=O)c1cc2ccc(Cl)cc2[nH]1. The summed E-state index contributed by atoms with van der Waals surface area (Å²) in [4.78, 5) is 28.7. The molecular formula is C16H20ClN3O2. The second-order valence-electron chi connectivity index (χ2n) is 6.37. The minimum Gasteiger partial charge on any atom is -0.350 e. The summed E-state index contributed by atoms with van der Waals surface area (Å²) < 4.78 is 0. The number of aromatic nitrogens is 1. The smallest absolute Gasteiger partial charge is 0.270 e.